The fraction of sp³-hybridized carbons (Fsp3) is 0.595. The van der Waals surface area contributed by atoms with Crippen molar-refractivity contribution in [3.05, 3.63) is 46.0 Å². The maximum Gasteiger partial charge on any atom is 0.490 e. The Kier molecular flexibility index (Phi) is 17.3. The van der Waals surface area contributed by atoms with Crippen LogP contribution in [0.1, 0.15) is 38.4 Å². The average molecular weight is 1220 g/mol. The number of rotatable bonds is 24. The minimum Gasteiger partial charge on any atom is -0.387 e. The maximum absolute atomic E-state index is 13.7. The van der Waals surface area contributed by atoms with E-state index in [-0.39, 0.29) is 64.2 Å². The lowest BCUT2D eigenvalue weighted by Crippen LogP contribution is -2.45. The highest BCUT2D eigenvalue weighted by atomic mass is 31.3. The second-order valence-electron chi connectivity index (χ2n) is 18.0. The molecule has 3 saturated heterocycles. The molecule has 15 N–H and O–H groups in total. The summed E-state index contributed by atoms with van der Waals surface area (Å²) in [5.41, 5.74) is 15.8. The number of nitrogen functional groups attached to an aromatic ring is 3. The molecule has 9 rings (SSSR count). The third-order valence-electron chi connectivity index (χ3n) is 12.7. The van der Waals surface area contributed by atoms with Crippen molar-refractivity contribution in [1.82, 2.24) is 53.6 Å². The van der Waals surface area contributed by atoms with E-state index in [0.29, 0.717) is 13.0 Å². The number of nitrogens with one attached hydrogen (secondary N) is 2. The number of aliphatic hydroxyl groups is 3. The smallest absolute Gasteiger partial charge is 0.387 e. The zero-order chi connectivity index (χ0) is 57.8. The molecule has 16 atom stereocenters. The standard InChI is InChI=1S/C37H53N15O24P4/c1-4-6-67-7-5-15-16(71-33(22(15)53)52-14-49(2)21-30(52)46-37(40)48-32(21)57)8-69-78(60,61)75-80(64,65)76-79(62,63)70-10-18-25(26(66-3)35(73-18)50-12-43-19-27(38)41-11-42-28(19)50)74-77(58,59)68-9-17-23(54)24(55)34(72-17)51-13-44-20-29(51)45-36(39)47-31(20)56/h11-18,22-26,33-35,53-55H,4-10H2,1-3H3,(H11-,38,39,40,41,42,45,46,47,48,56,57,58,59,60,61,62,63,64,65)/p+1/t15-,16-,17-,18?,22-,23-,24-,25-,26-,33-,34-,35-/m1/s1. The van der Waals surface area contributed by atoms with Gasteiger partial charge in [-0.05, 0) is 12.8 Å². The number of H-pyrrole nitrogens is 2. The lowest BCUT2D eigenvalue weighted by molar-refractivity contribution is -0.745. The number of phosphoric acid groups is 4. The summed E-state index contributed by atoms with van der Waals surface area (Å²) >= 11 is 0. The number of aliphatic hydroxyl groups excluding tert-OH is 3. The van der Waals surface area contributed by atoms with Crippen molar-refractivity contribution in [3.63, 3.8) is 0 Å². The van der Waals surface area contributed by atoms with Gasteiger partial charge in [0, 0.05) is 26.2 Å². The van der Waals surface area contributed by atoms with Gasteiger partial charge in [0.05, 0.1) is 45.6 Å². The Morgan fingerprint density at radius 1 is 0.700 bits per heavy atom. The fourth-order valence-electron chi connectivity index (χ4n) is 9.20. The zero-order valence-electron chi connectivity index (χ0n) is 41.8. The lowest BCUT2D eigenvalue weighted by Gasteiger charge is -2.26. The molecule has 0 aliphatic carbocycles. The quantitative estimate of drug-likeness (QED) is 0.0167. The first-order valence-corrected chi connectivity index (χ1v) is 29.6. The summed E-state index contributed by atoms with van der Waals surface area (Å²) < 4.78 is 117. The van der Waals surface area contributed by atoms with Gasteiger partial charge in [0.15, 0.2) is 41.4 Å². The van der Waals surface area contributed by atoms with E-state index in [4.69, 9.17) is 59.0 Å². The molecule has 0 amide bonds. The number of aryl methyl sites for hydroxylation is 1. The minimum atomic E-state index is -6.19. The summed E-state index contributed by atoms with van der Waals surface area (Å²) in [6, 6.07) is 0. The third kappa shape index (κ3) is 12.4. The van der Waals surface area contributed by atoms with Crippen LogP contribution in [-0.2, 0) is 75.7 Å². The number of hydrogen-bond acceptors (Lipinski definition) is 29. The number of aromatic amines is 2. The van der Waals surface area contributed by atoms with Crippen molar-refractivity contribution >= 4 is 82.5 Å². The van der Waals surface area contributed by atoms with Crippen LogP contribution in [0.2, 0.25) is 0 Å². The Balaban J connectivity index is 0.872. The summed E-state index contributed by atoms with van der Waals surface area (Å²) in [5, 5.41) is 33.3. The van der Waals surface area contributed by atoms with Crippen molar-refractivity contribution in [2.45, 2.75) is 87.3 Å². The number of aromatic nitrogens is 12. The molecule has 3 fully saturated rings. The highest BCUT2D eigenvalue weighted by molar-refractivity contribution is 7.66. The fourth-order valence-corrected chi connectivity index (χ4v) is 13.7. The molecule has 43 heteroatoms. The van der Waals surface area contributed by atoms with E-state index in [9.17, 15) is 62.7 Å². The Hall–Kier alpha value is -5.15. The van der Waals surface area contributed by atoms with E-state index in [1.807, 2.05) is 6.92 Å². The van der Waals surface area contributed by atoms with Crippen LogP contribution >= 0.6 is 31.3 Å². The maximum atomic E-state index is 13.7. The summed E-state index contributed by atoms with van der Waals surface area (Å²) in [7, 11) is -20.8. The number of phosphoric ester groups is 3. The predicted octanol–water partition coefficient (Wildman–Crippen LogP) is -2.64. The van der Waals surface area contributed by atoms with E-state index in [1.165, 1.54) is 27.1 Å². The summed E-state index contributed by atoms with van der Waals surface area (Å²) in [5.74, 6) is -1.58. The van der Waals surface area contributed by atoms with Gasteiger partial charge in [-0.3, -0.25) is 51.4 Å². The van der Waals surface area contributed by atoms with Gasteiger partial charge in [-0.1, -0.05) is 11.9 Å². The molecule has 6 aromatic rings. The molecule has 39 nitrogen and oxygen atoms in total. The molecule has 0 saturated carbocycles. The Labute approximate surface area is 446 Å². The van der Waals surface area contributed by atoms with Crippen LogP contribution in [0.3, 0.4) is 0 Å². The van der Waals surface area contributed by atoms with E-state index in [0.717, 1.165) is 30.7 Å². The highest BCUT2D eigenvalue weighted by Crippen LogP contribution is 2.68. The summed E-state index contributed by atoms with van der Waals surface area (Å²) in [6.45, 7) is -0.883. The van der Waals surface area contributed by atoms with Gasteiger partial charge < -0.3 is 75.8 Å². The average Bonchev–Trinajstić information content (AvgIpc) is 4.29. The molecule has 0 bridgehead atoms. The number of nitrogens with two attached hydrogens (primary N) is 3. The monoisotopic (exact) mass is 1220 g/mol. The number of methoxy groups -OCH3 is 1. The number of anilines is 3. The molecule has 0 radical (unpaired) electrons. The van der Waals surface area contributed by atoms with Gasteiger partial charge in [0.2, 0.25) is 17.7 Å². The number of imidazole rings is 3. The Morgan fingerprint density at radius 2 is 1.31 bits per heavy atom. The molecule has 0 aromatic carbocycles. The molecule has 440 valence electrons. The van der Waals surface area contributed by atoms with Crippen LogP contribution in [0, 0.1) is 5.92 Å². The second-order valence-corrected chi connectivity index (χ2v) is 24.1. The number of ether oxygens (including phenoxy) is 5. The van der Waals surface area contributed by atoms with Crippen LogP contribution in [0.4, 0.5) is 17.7 Å². The first kappa shape index (κ1) is 59.5. The number of nitrogens with zero attached hydrogens (tertiary/aromatic N) is 10. The molecule has 5 unspecified atom stereocenters. The normalized spacial score (nSPS) is 29.3. The summed E-state index contributed by atoms with van der Waals surface area (Å²) in [6.07, 6.45) is -12.0. The second kappa shape index (κ2) is 23.2. The van der Waals surface area contributed by atoms with Crippen LogP contribution in [0.15, 0.2) is 34.9 Å². The van der Waals surface area contributed by atoms with Gasteiger partial charge in [-0.15, -0.1) is 0 Å². The third-order valence-corrected chi connectivity index (χ3v) is 17.9. The van der Waals surface area contributed by atoms with E-state index in [1.54, 1.807) is 0 Å². The van der Waals surface area contributed by atoms with Crippen LogP contribution in [0.5, 0.6) is 0 Å². The van der Waals surface area contributed by atoms with Crippen molar-refractivity contribution in [3.8, 4) is 0 Å². The first-order chi connectivity index (χ1) is 37.7. The zero-order valence-corrected chi connectivity index (χ0v) is 45.3. The van der Waals surface area contributed by atoms with Crippen molar-refractivity contribution in [1.29, 1.82) is 0 Å². The van der Waals surface area contributed by atoms with E-state index in [2.05, 4.69) is 48.5 Å². The van der Waals surface area contributed by atoms with Gasteiger partial charge in [-0.25, -0.2) is 42.8 Å². The molecular weight excluding hydrogens is 1160 g/mol. The van der Waals surface area contributed by atoms with Gasteiger partial charge in [0.1, 0.15) is 54.6 Å². The van der Waals surface area contributed by atoms with Crippen molar-refractivity contribution < 1.29 is 108 Å². The van der Waals surface area contributed by atoms with Gasteiger partial charge in [-0.2, -0.15) is 13.6 Å². The highest BCUT2D eigenvalue weighted by Gasteiger charge is 2.54. The lowest BCUT2D eigenvalue weighted by atomic mass is 9.95. The molecule has 0 spiro atoms. The van der Waals surface area contributed by atoms with Crippen LogP contribution < -0.4 is 32.9 Å². The van der Waals surface area contributed by atoms with E-state index >= 15 is 0 Å². The predicted molar refractivity (Wildman–Crippen MR) is 262 cm³/mol. The SMILES string of the molecule is CCCOCC[C@H]1[C@@H](O)[C@H]([n+]2cn(C)c3c(=O)[nH]c(N)nc32)O[C@@H]1COP(=O)(O)OP(=O)(O)OP(=O)(O)OCC1O[C@@H](n2cnc3c(N)ncnc32)[C@H](OC)[C@@H]1OP(=O)(O)OC[C@H]1O[C@@H](n2cnc3c(=O)[nH]c(N)nc32)[C@H](O)[C@@H]1O. The van der Waals surface area contributed by atoms with Crippen molar-refractivity contribution in [2.75, 3.05) is 57.3 Å². The van der Waals surface area contributed by atoms with E-state index < -0.39 is 136 Å². The van der Waals surface area contributed by atoms with Crippen molar-refractivity contribution in [2.24, 2.45) is 13.0 Å². The molecule has 80 heavy (non-hydrogen) atoms. The topological polar surface area (TPSA) is 551 Å². The molecule has 3 aliphatic heterocycles. The van der Waals surface area contributed by atoms with Crippen LogP contribution in [-0.4, -0.2) is 177 Å². The minimum absolute atomic E-state index is 0.00156. The largest absolute Gasteiger partial charge is 0.490 e. The number of fused-ring (bicyclic) bond motifs is 3. The molecule has 6 aromatic heterocycles. The van der Waals surface area contributed by atoms with Gasteiger partial charge in [0.25, 0.3) is 17.1 Å². The molecular formula is C37H54N15O24P4+. The molecule has 3 aliphatic rings. The van der Waals surface area contributed by atoms with Gasteiger partial charge >= 0.3 is 36.9 Å². The molecule has 9 heterocycles. The summed E-state index contributed by atoms with van der Waals surface area (Å²) in [4.78, 5) is 96.9. The first-order valence-electron chi connectivity index (χ1n) is 23.6. The number of hydrogen-bond donors (Lipinski definition) is 12. The Morgan fingerprint density at radius 3 is 2.00 bits per heavy atom. The Bertz CT molecular complexity index is 3570. The van der Waals surface area contributed by atoms with Crippen LogP contribution in [0.25, 0.3) is 33.5 Å².